The quantitative estimate of drug-likeness (QED) is 0.771. The van der Waals surface area contributed by atoms with Crippen molar-refractivity contribution in [2.75, 3.05) is 6.54 Å². The smallest absolute Gasteiger partial charge is 0.225 e. The van der Waals surface area contributed by atoms with E-state index in [0.29, 0.717) is 19.4 Å². The SMILES string of the molecule is Cc1cccc(C2(NC(=O)CCCNC(=O)C(C)(C)C)CCCC2)c1. The monoisotopic (exact) mass is 344 g/mol. The number of carbonyl (C=O) groups excluding carboxylic acids is 2. The molecular weight excluding hydrogens is 312 g/mol. The van der Waals surface area contributed by atoms with E-state index in [1.165, 1.54) is 11.1 Å². The van der Waals surface area contributed by atoms with E-state index in [1.807, 2.05) is 20.8 Å². The number of aryl methyl sites for hydroxylation is 1. The van der Waals surface area contributed by atoms with Gasteiger partial charge in [-0.1, -0.05) is 63.4 Å². The highest BCUT2D eigenvalue weighted by Crippen LogP contribution is 2.39. The predicted molar refractivity (Wildman–Crippen MR) is 101 cm³/mol. The van der Waals surface area contributed by atoms with Gasteiger partial charge in [0.05, 0.1) is 5.54 Å². The first kappa shape index (κ1) is 19.5. The highest BCUT2D eigenvalue weighted by Gasteiger charge is 2.36. The molecule has 2 amide bonds. The van der Waals surface area contributed by atoms with Gasteiger partial charge in [0.1, 0.15) is 0 Å². The van der Waals surface area contributed by atoms with Crippen molar-refractivity contribution >= 4 is 11.8 Å². The Balaban J connectivity index is 1.88. The Morgan fingerprint density at radius 1 is 1.16 bits per heavy atom. The predicted octanol–water partition coefficient (Wildman–Crippen LogP) is 3.82. The molecule has 1 aromatic carbocycles. The molecule has 1 saturated carbocycles. The highest BCUT2D eigenvalue weighted by atomic mass is 16.2. The second-order valence-corrected chi connectivity index (χ2v) is 8.32. The van der Waals surface area contributed by atoms with Crippen LogP contribution in [0.4, 0.5) is 0 Å². The summed E-state index contributed by atoms with van der Waals surface area (Å²) in [7, 11) is 0. The van der Waals surface area contributed by atoms with Gasteiger partial charge >= 0.3 is 0 Å². The van der Waals surface area contributed by atoms with Crippen LogP contribution in [-0.4, -0.2) is 18.4 Å². The van der Waals surface area contributed by atoms with E-state index < -0.39 is 0 Å². The third-order valence-corrected chi connectivity index (χ3v) is 4.95. The Morgan fingerprint density at radius 2 is 1.84 bits per heavy atom. The molecule has 4 nitrogen and oxygen atoms in total. The maximum absolute atomic E-state index is 12.5. The molecule has 0 saturated heterocycles. The molecule has 0 atom stereocenters. The van der Waals surface area contributed by atoms with E-state index in [4.69, 9.17) is 0 Å². The molecule has 0 aromatic heterocycles. The van der Waals surface area contributed by atoms with Crippen LogP contribution < -0.4 is 10.6 Å². The summed E-state index contributed by atoms with van der Waals surface area (Å²) in [5, 5.41) is 6.20. The van der Waals surface area contributed by atoms with Crippen LogP contribution in [0.5, 0.6) is 0 Å². The molecule has 1 aromatic rings. The van der Waals surface area contributed by atoms with Crippen molar-refractivity contribution in [1.29, 1.82) is 0 Å². The minimum Gasteiger partial charge on any atom is -0.356 e. The van der Waals surface area contributed by atoms with Gasteiger partial charge in [-0.3, -0.25) is 9.59 Å². The van der Waals surface area contributed by atoms with E-state index in [2.05, 4.69) is 41.8 Å². The Morgan fingerprint density at radius 3 is 2.44 bits per heavy atom. The van der Waals surface area contributed by atoms with E-state index in [0.717, 1.165) is 25.7 Å². The van der Waals surface area contributed by atoms with Crippen LogP contribution in [-0.2, 0) is 15.1 Å². The molecule has 2 rings (SSSR count). The van der Waals surface area contributed by atoms with E-state index in [9.17, 15) is 9.59 Å². The lowest BCUT2D eigenvalue weighted by Crippen LogP contribution is -2.44. The number of rotatable bonds is 6. The van der Waals surface area contributed by atoms with Crippen LogP contribution in [0.3, 0.4) is 0 Å². The third-order valence-electron chi connectivity index (χ3n) is 4.95. The van der Waals surface area contributed by atoms with Crippen molar-refractivity contribution in [3.05, 3.63) is 35.4 Å². The standard InChI is InChI=1S/C21H32N2O2/c1-16-9-7-10-17(15-16)21(12-5-6-13-21)23-18(24)11-8-14-22-19(25)20(2,3)4/h7,9-10,15H,5-6,8,11-14H2,1-4H3,(H,22,25)(H,23,24). The lowest BCUT2D eigenvalue weighted by Gasteiger charge is -2.31. The van der Waals surface area contributed by atoms with Crippen LogP contribution in [0.15, 0.2) is 24.3 Å². The zero-order valence-corrected chi connectivity index (χ0v) is 16.1. The Hall–Kier alpha value is -1.84. The van der Waals surface area contributed by atoms with Gasteiger partial charge in [-0.05, 0) is 31.7 Å². The summed E-state index contributed by atoms with van der Waals surface area (Å²) < 4.78 is 0. The highest BCUT2D eigenvalue weighted by molar-refractivity contribution is 5.81. The van der Waals surface area contributed by atoms with E-state index in [1.54, 1.807) is 0 Å². The summed E-state index contributed by atoms with van der Waals surface area (Å²) in [6.07, 6.45) is 5.41. The molecule has 1 aliphatic carbocycles. The number of benzene rings is 1. The van der Waals surface area contributed by atoms with Gasteiger partial charge in [0.15, 0.2) is 0 Å². The lowest BCUT2D eigenvalue weighted by atomic mass is 9.87. The first-order valence-corrected chi connectivity index (χ1v) is 9.39. The van der Waals surface area contributed by atoms with E-state index in [-0.39, 0.29) is 22.8 Å². The zero-order chi connectivity index (χ0) is 18.5. The largest absolute Gasteiger partial charge is 0.356 e. The molecule has 25 heavy (non-hydrogen) atoms. The number of nitrogens with one attached hydrogen (secondary N) is 2. The topological polar surface area (TPSA) is 58.2 Å². The maximum Gasteiger partial charge on any atom is 0.225 e. The summed E-state index contributed by atoms with van der Waals surface area (Å²) in [5.41, 5.74) is 1.85. The van der Waals surface area contributed by atoms with Crippen molar-refractivity contribution in [1.82, 2.24) is 10.6 Å². The third kappa shape index (κ3) is 5.32. The van der Waals surface area contributed by atoms with Gasteiger partial charge in [0, 0.05) is 18.4 Å². The summed E-state index contributed by atoms with van der Waals surface area (Å²) in [5.74, 6) is 0.105. The number of amides is 2. The minimum absolute atomic E-state index is 0.0277. The van der Waals surface area contributed by atoms with Gasteiger partial charge in [-0.15, -0.1) is 0 Å². The molecule has 0 spiro atoms. The van der Waals surface area contributed by atoms with Crippen LogP contribution in [0.2, 0.25) is 0 Å². The number of hydrogen-bond acceptors (Lipinski definition) is 2. The fourth-order valence-electron chi connectivity index (χ4n) is 3.45. The molecule has 1 fully saturated rings. The van der Waals surface area contributed by atoms with Crippen molar-refractivity contribution in [2.24, 2.45) is 5.41 Å². The van der Waals surface area contributed by atoms with Gasteiger partial charge < -0.3 is 10.6 Å². The van der Waals surface area contributed by atoms with Crippen LogP contribution in [0, 0.1) is 12.3 Å². The molecule has 2 N–H and O–H groups in total. The van der Waals surface area contributed by atoms with Crippen molar-refractivity contribution in [3.63, 3.8) is 0 Å². The maximum atomic E-state index is 12.5. The average molecular weight is 344 g/mol. The summed E-state index contributed by atoms with van der Waals surface area (Å²) >= 11 is 0. The second-order valence-electron chi connectivity index (χ2n) is 8.32. The summed E-state index contributed by atoms with van der Waals surface area (Å²) in [6, 6.07) is 8.47. The molecule has 1 aliphatic rings. The second kappa shape index (κ2) is 8.03. The van der Waals surface area contributed by atoms with Gasteiger partial charge in [0.25, 0.3) is 0 Å². The molecular formula is C21H32N2O2. The first-order valence-electron chi connectivity index (χ1n) is 9.39. The molecule has 0 heterocycles. The Labute approximate surface area is 151 Å². The number of hydrogen-bond donors (Lipinski definition) is 2. The zero-order valence-electron chi connectivity index (χ0n) is 16.1. The lowest BCUT2D eigenvalue weighted by molar-refractivity contribution is -0.129. The molecule has 0 unspecified atom stereocenters. The fraction of sp³-hybridized carbons (Fsp3) is 0.619. The molecule has 138 valence electrons. The fourth-order valence-corrected chi connectivity index (χ4v) is 3.45. The van der Waals surface area contributed by atoms with Crippen LogP contribution >= 0.6 is 0 Å². The molecule has 0 radical (unpaired) electrons. The summed E-state index contributed by atoms with van der Waals surface area (Å²) in [6.45, 7) is 8.30. The molecule has 0 bridgehead atoms. The molecule has 4 heteroatoms. The minimum atomic E-state index is -0.388. The van der Waals surface area contributed by atoms with Crippen LogP contribution in [0.1, 0.15) is 70.4 Å². The average Bonchev–Trinajstić information content (AvgIpc) is 3.00. The van der Waals surface area contributed by atoms with E-state index >= 15 is 0 Å². The van der Waals surface area contributed by atoms with Gasteiger partial charge in [-0.2, -0.15) is 0 Å². The Kier molecular flexibility index (Phi) is 6.26. The normalized spacial score (nSPS) is 16.5. The van der Waals surface area contributed by atoms with Gasteiger partial charge in [0.2, 0.25) is 11.8 Å². The number of carbonyl (C=O) groups is 2. The Bertz CT molecular complexity index is 611. The van der Waals surface area contributed by atoms with Crippen molar-refractivity contribution in [2.45, 2.75) is 71.8 Å². The first-order chi connectivity index (χ1) is 11.7. The van der Waals surface area contributed by atoms with Crippen LogP contribution in [0.25, 0.3) is 0 Å². The van der Waals surface area contributed by atoms with Gasteiger partial charge in [-0.25, -0.2) is 0 Å². The molecule has 0 aliphatic heterocycles. The van der Waals surface area contributed by atoms with Crippen molar-refractivity contribution in [3.8, 4) is 0 Å². The van der Waals surface area contributed by atoms with Crippen molar-refractivity contribution < 1.29 is 9.59 Å². The summed E-state index contributed by atoms with van der Waals surface area (Å²) in [4.78, 5) is 24.3.